The summed E-state index contributed by atoms with van der Waals surface area (Å²) in [5.41, 5.74) is 2.34. The molecule has 2 aromatic rings. The van der Waals surface area contributed by atoms with Crippen molar-refractivity contribution < 1.29 is 14.2 Å². The second-order valence-corrected chi connectivity index (χ2v) is 7.80. The van der Waals surface area contributed by atoms with Gasteiger partial charge in [-0.05, 0) is 48.2 Å². The standard InChI is InChI=1S/C22H26ClN3O3/c1-24-21(25-13-16-2-5-18(23)6-3-16)26-14-22(8-10-27-11-9-22)17-4-7-19-20(12-17)29-15-28-19/h2-7,12H,8-11,13-15H2,1H3,(H2,24,25,26). The number of fused-ring (bicyclic) bond motifs is 1. The summed E-state index contributed by atoms with van der Waals surface area (Å²) in [6.45, 7) is 3.21. The summed E-state index contributed by atoms with van der Waals surface area (Å²) in [5, 5.41) is 7.63. The van der Waals surface area contributed by atoms with Crippen LogP contribution >= 0.6 is 11.6 Å². The molecule has 0 aromatic heterocycles. The number of benzene rings is 2. The van der Waals surface area contributed by atoms with E-state index in [1.54, 1.807) is 7.05 Å². The zero-order valence-corrected chi connectivity index (χ0v) is 17.3. The van der Waals surface area contributed by atoms with E-state index in [2.05, 4.69) is 27.8 Å². The van der Waals surface area contributed by atoms with E-state index in [4.69, 9.17) is 25.8 Å². The summed E-state index contributed by atoms with van der Waals surface area (Å²) < 4.78 is 16.7. The second-order valence-electron chi connectivity index (χ2n) is 7.37. The molecule has 154 valence electrons. The van der Waals surface area contributed by atoms with Crippen LogP contribution in [0.15, 0.2) is 47.5 Å². The normalized spacial score (nSPS) is 17.8. The van der Waals surface area contributed by atoms with Crippen LogP contribution in [0.5, 0.6) is 11.5 Å². The number of rotatable bonds is 5. The maximum atomic E-state index is 5.96. The molecule has 2 aliphatic rings. The van der Waals surface area contributed by atoms with Crippen LogP contribution in [0.3, 0.4) is 0 Å². The fourth-order valence-electron chi connectivity index (χ4n) is 3.82. The van der Waals surface area contributed by atoms with Crippen molar-refractivity contribution in [1.29, 1.82) is 0 Å². The largest absolute Gasteiger partial charge is 0.454 e. The van der Waals surface area contributed by atoms with Crippen molar-refractivity contribution >= 4 is 17.6 Å². The van der Waals surface area contributed by atoms with Crippen LogP contribution < -0.4 is 20.1 Å². The lowest BCUT2D eigenvalue weighted by molar-refractivity contribution is 0.0513. The van der Waals surface area contributed by atoms with Crippen molar-refractivity contribution in [2.45, 2.75) is 24.8 Å². The molecule has 0 saturated carbocycles. The molecular weight excluding hydrogens is 390 g/mol. The molecule has 0 radical (unpaired) electrons. The third kappa shape index (κ3) is 4.60. The first-order valence-corrected chi connectivity index (χ1v) is 10.2. The third-order valence-electron chi connectivity index (χ3n) is 5.63. The van der Waals surface area contributed by atoms with Crippen LogP contribution in [0, 0.1) is 0 Å². The third-order valence-corrected chi connectivity index (χ3v) is 5.88. The van der Waals surface area contributed by atoms with Gasteiger partial charge in [0.25, 0.3) is 0 Å². The van der Waals surface area contributed by atoms with E-state index in [0.29, 0.717) is 6.54 Å². The van der Waals surface area contributed by atoms with E-state index < -0.39 is 0 Å². The summed E-state index contributed by atoms with van der Waals surface area (Å²) in [4.78, 5) is 4.38. The summed E-state index contributed by atoms with van der Waals surface area (Å²) in [6, 6.07) is 14.1. The number of nitrogens with zero attached hydrogens (tertiary/aromatic N) is 1. The Balaban J connectivity index is 1.44. The quantitative estimate of drug-likeness (QED) is 0.578. The van der Waals surface area contributed by atoms with E-state index in [0.717, 1.165) is 60.6 Å². The fourth-order valence-corrected chi connectivity index (χ4v) is 3.94. The van der Waals surface area contributed by atoms with E-state index in [9.17, 15) is 0 Å². The van der Waals surface area contributed by atoms with Crippen molar-refractivity contribution in [3.8, 4) is 11.5 Å². The fraction of sp³-hybridized carbons (Fsp3) is 0.409. The van der Waals surface area contributed by atoms with Gasteiger partial charge < -0.3 is 24.8 Å². The monoisotopic (exact) mass is 415 g/mol. The molecule has 6 nitrogen and oxygen atoms in total. The highest BCUT2D eigenvalue weighted by molar-refractivity contribution is 6.30. The smallest absolute Gasteiger partial charge is 0.231 e. The Morgan fingerprint density at radius 3 is 2.55 bits per heavy atom. The van der Waals surface area contributed by atoms with Gasteiger partial charge in [0, 0.05) is 43.8 Å². The Hall–Kier alpha value is -2.44. The zero-order chi connectivity index (χ0) is 20.1. The molecule has 0 bridgehead atoms. The molecule has 0 amide bonds. The van der Waals surface area contributed by atoms with E-state index in [1.165, 1.54) is 5.56 Å². The highest BCUT2D eigenvalue weighted by Crippen LogP contribution is 2.40. The maximum absolute atomic E-state index is 5.96. The average Bonchev–Trinajstić information content (AvgIpc) is 3.24. The molecule has 2 N–H and O–H groups in total. The minimum Gasteiger partial charge on any atom is -0.454 e. The number of nitrogens with one attached hydrogen (secondary N) is 2. The molecule has 2 aromatic carbocycles. The minimum absolute atomic E-state index is 0.0445. The number of halogens is 1. The van der Waals surface area contributed by atoms with Gasteiger partial charge in [-0.25, -0.2) is 0 Å². The molecule has 0 aliphatic carbocycles. The Kier molecular flexibility index (Phi) is 6.11. The average molecular weight is 416 g/mol. The molecule has 1 fully saturated rings. The van der Waals surface area contributed by atoms with Crippen molar-refractivity contribution in [3.63, 3.8) is 0 Å². The van der Waals surface area contributed by atoms with Crippen LogP contribution in [0.1, 0.15) is 24.0 Å². The van der Waals surface area contributed by atoms with Gasteiger partial charge in [-0.2, -0.15) is 0 Å². The Labute approximate surface area is 176 Å². The van der Waals surface area contributed by atoms with Crippen LogP contribution in [0.2, 0.25) is 5.02 Å². The highest BCUT2D eigenvalue weighted by Gasteiger charge is 2.35. The van der Waals surface area contributed by atoms with Crippen molar-refractivity contribution in [3.05, 3.63) is 58.6 Å². The van der Waals surface area contributed by atoms with Crippen LogP contribution in [-0.2, 0) is 16.7 Å². The van der Waals surface area contributed by atoms with E-state index in [-0.39, 0.29) is 12.2 Å². The van der Waals surface area contributed by atoms with E-state index in [1.807, 2.05) is 30.3 Å². The van der Waals surface area contributed by atoms with Gasteiger partial charge in [0.2, 0.25) is 6.79 Å². The molecule has 0 spiro atoms. The number of hydrogen-bond donors (Lipinski definition) is 2. The summed E-state index contributed by atoms with van der Waals surface area (Å²) >= 11 is 5.96. The lowest BCUT2D eigenvalue weighted by atomic mass is 9.74. The maximum Gasteiger partial charge on any atom is 0.231 e. The van der Waals surface area contributed by atoms with Gasteiger partial charge in [-0.15, -0.1) is 0 Å². The molecule has 29 heavy (non-hydrogen) atoms. The van der Waals surface area contributed by atoms with Crippen LogP contribution in [0.25, 0.3) is 0 Å². The molecular formula is C22H26ClN3O3. The number of guanidine groups is 1. The number of hydrogen-bond acceptors (Lipinski definition) is 4. The Morgan fingerprint density at radius 1 is 1.03 bits per heavy atom. The second kappa shape index (κ2) is 8.93. The lowest BCUT2D eigenvalue weighted by Gasteiger charge is -2.38. The Bertz CT molecular complexity index is 864. The van der Waals surface area contributed by atoms with Gasteiger partial charge in [0.15, 0.2) is 17.5 Å². The number of ether oxygens (including phenoxy) is 3. The molecule has 1 saturated heterocycles. The van der Waals surface area contributed by atoms with Gasteiger partial charge in [0.05, 0.1) is 0 Å². The van der Waals surface area contributed by atoms with Gasteiger partial charge in [-0.1, -0.05) is 29.8 Å². The predicted octanol–water partition coefficient (Wildman–Crippen LogP) is 3.48. The Morgan fingerprint density at radius 2 is 1.79 bits per heavy atom. The first-order valence-electron chi connectivity index (χ1n) is 9.85. The summed E-state index contributed by atoms with van der Waals surface area (Å²) in [6.07, 6.45) is 1.88. The van der Waals surface area contributed by atoms with Crippen molar-refractivity contribution in [2.75, 3.05) is 33.6 Å². The first kappa shape index (κ1) is 19.9. The molecule has 0 atom stereocenters. The number of aliphatic imine (C=N–C) groups is 1. The van der Waals surface area contributed by atoms with E-state index >= 15 is 0 Å². The van der Waals surface area contributed by atoms with Crippen molar-refractivity contribution in [2.24, 2.45) is 4.99 Å². The van der Waals surface area contributed by atoms with Gasteiger partial charge in [0.1, 0.15) is 0 Å². The SMILES string of the molecule is CN=C(NCc1ccc(Cl)cc1)NCC1(c2ccc3c(c2)OCO3)CCOCC1. The van der Waals surface area contributed by atoms with Crippen LogP contribution in [-0.4, -0.2) is 39.6 Å². The van der Waals surface area contributed by atoms with Gasteiger partial charge >= 0.3 is 0 Å². The van der Waals surface area contributed by atoms with Crippen molar-refractivity contribution in [1.82, 2.24) is 10.6 Å². The van der Waals surface area contributed by atoms with Crippen LogP contribution in [0.4, 0.5) is 0 Å². The molecule has 2 aliphatic heterocycles. The minimum atomic E-state index is -0.0445. The molecule has 7 heteroatoms. The topological polar surface area (TPSA) is 64.1 Å². The molecule has 4 rings (SSSR count). The zero-order valence-electron chi connectivity index (χ0n) is 16.5. The summed E-state index contributed by atoms with van der Waals surface area (Å²) in [7, 11) is 1.79. The summed E-state index contributed by atoms with van der Waals surface area (Å²) in [5.74, 6) is 2.40. The molecule has 2 heterocycles. The molecule has 0 unspecified atom stereocenters. The highest BCUT2D eigenvalue weighted by atomic mass is 35.5. The lowest BCUT2D eigenvalue weighted by Crippen LogP contribution is -2.47. The predicted molar refractivity (Wildman–Crippen MR) is 114 cm³/mol. The van der Waals surface area contributed by atoms with Gasteiger partial charge in [-0.3, -0.25) is 4.99 Å². The first-order chi connectivity index (χ1) is 14.2.